The Hall–Kier alpha value is -3.26. The van der Waals surface area contributed by atoms with Gasteiger partial charge < -0.3 is 4.74 Å². The minimum Gasteiger partial charge on any atom is -0.494 e. The van der Waals surface area contributed by atoms with Crippen LogP contribution >= 0.6 is 0 Å². The number of halogens is 3. The van der Waals surface area contributed by atoms with E-state index in [1.807, 2.05) is 0 Å². The highest BCUT2D eigenvalue weighted by Gasteiger charge is 2.22. The summed E-state index contributed by atoms with van der Waals surface area (Å²) in [4.78, 5) is 0. The van der Waals surface area contributed by atoms with Gasteiger partial charge in [0.1, 0.15) is 23.5 Å². The molecule has 0 heterocycles. The Labute approximate surface area is 206 Å². The fourth-order valence-corrected chi connectivity index (χ4v) is 4.42. The van der Waals surface area contributed by atoms with Gasteiger partial charge in [0, 0.05) is 0 Å². The number of rotatable bonds is 7. The fourth-order valence-electron chi connectivity index (χ4n) is 4.42. The third-order valence-electron chi connectivity index (χ3n) is 6.46. The second-order valence-electron chi connectivity index (χ2n) is 8.93. The van der Waals surface area contributed by atoms with Gasteiger partial charge in [-0.2, -0.15) is 5.26 Å². The molecule has 184 valence electrons. The molecule has 0 aliphatic heterocycles. The van der Waals surface area contributed by atoms with Gasteiger partial charge in [-0.15, -0.1) is 0 Å². The summed E-state index contributed by atoms with van der Waals surface area (Å²) in [7, 11) is 0. The molecule has 3 aromatic rings. The summed E-state index contributed by atoms with van der Waals surface area (Å²) in [5.74, 6) is 1.35. The van der Waals surface area contributed by atoms with Crippen LogP contribution in [0.25, 0.3) is 11.1 Å². The third-order valence-corrected chi connectivity index (χ3v) is 6.46. The zero-order chi connectivity index (χ0) is 25.0. The van der Waals surface area contributed by atoms with E-state index in [2.05, 4.69) is 31.2 Å². The van der Waals surface area contributed by atoms with Crippen molar-refractivity contribution in [2.24, 2.45) is 5.92 Å². The van der Waals surface area contributed by atoms with Crippen molar-refractivity contribution in [3.63, 3.8) is 0 Å². The lowest BCUT2D eigenvalue weighted by molar-refractivity contribution is 0.283. The second-order valence-corrected chi connectivity index (χ2v) is 8.93. The van der Waals surface area contributed by atoms with Crippen LogP contribution < -0.4 is 4.74 Å². The minimum absolute atomic E-state index is 0.00543. The predicted octanol–water partition coefficient (Wildman–Crippen LogP) is 8.61. The molecule has 1 aliphatic carbocycles. The first-order chi connectivity index (χ1) is 17.0. The standard InChI is InChI=1S/C17H25FO.C13H7F2N/c1-2-13-19-17-9-7-16(8-10-17)15-5-3-14(4-6-15)11-12-18;14-12-5-3-9(4-6-12)10-1-2-11(8-16)13(15)7-10/h7-10,14-15H,2-6,11-13H2,1H3;1-7H. The summed E-state index contributed by atoms with van der Waals surface area (Å²) in [6, 6.07) is 20.4. The predicted molar refractivity (Wildman–Crippen MR) is 134 cm³/mol. The highest BCUT2D eigenvalue weighted by Crippen LogP contribution is 2.37. The number of benzene rings is 3. The van der Waals surface area contributed by atoms with E-state index in [0.717, 1.165) is 25.2 Å². The Balaban J connectivity index is 0.000000198. The molecule has 35 heavy (non-hydrogen) atoms. The quantitative estimate of drug-likeness (QED) is 0.340. The molecule has 0 saturated heterocycles. The molecule has 3 aromatic carbocycles. The lowest BCUT2D eigenvalue weighted by Gasteiger charge is -2.28. The fraction of sp³-hybridized carbons (Fsp3) is 0.367. The highest BCUT2D eigenvalue weighted by atomic mass is 19.1. The van der Waals surface area contributed by atoms with Gasteiger partial charge in [-0.05, 0) is 103 Å². The topological polar surface area (TPSA) is 33.0 Å². The van der Waals surface area contributed by atoms with Crippen molar-refractivity contribution >= 4 is 0 Å². The van der Waals surface area contributed by atoms with Crippen molar-refractivity contribution in [1.82, 2.24) is 0 Å². The Morgan fingerprint density at radius 2 is 1.54 bits per heavy atom. The first-order valence-corrected chi connectivity index (χ1v) is 12.3. The molecular formula is C30H32F3NO. The summed E-state index contributed by atoms with van der Waals surface area (Å²) >= 11 is 0. The molecule has 2 nitrogen and oxygen atoms in total. The number of nitriles is 1. The molecule has 0 bridgehead atoms. The normalized spacial score (nSPS) is 17.1. The van der Waals surface area contributed by atoms with Crippen LogP contribution in [0.4, 0.5) is 13.2 Å². The summed E-state index contributed by atoms with van der Waals surface area (Å²) in [6.07, 6.45) is 6.59. The summed E-state index contributed by atoms with van der Waals surface area (Å²) < 4.78 is 43.9. The Morgan fingerprint density at radius 3 is 2.11 bits per heavy atom. The van der Waals surface area contributed by atoms with Gasteiger partial charge in [0.15, 0.2) is 0 Å². The van der Waals surface area contributed by atoms with Gasteiger partial charge in [0.2, 0.25) is 0 Å². The van der Waals surface area contributed by atoms with Crippen LogP contribution in [0.15, 0.2) is 66.7 Å². The molecule has 0 atom stereocenters. The summed E-state index contributed by atoms with van der Waals surface area (Å²) in [5, 5.41) is 8.58. The summed E-state index contributed by atoms with van der Waals surface area (Å²) in [5.41, 5.74) is 2.76. The van der Waals surface area contributed by atoms with Crippen LogP contribution in [0.2, 0.25) is 0 Å². The molecular weight excluding hydrogens is 447 g/mol. The van der Waals surface area contributed by atoms with E-state index < -0.39 is 5.82 Å². The Kier molecular flexibility index (Phi) is 10.2. The maximum atomic E-state index is 13.3. The van der Waals surface area contributed by atoms with E-state index in [-0.39, 0.29) is 18.1 Å². The van der Waals surface area contributed by atoms with Crippen molar-refractivity contribution in [2.75, 3.05) is 13.3 Å². The zero-order valence-electron chi connectivity index (χ0n) is 20.2. The van der Waals surface area contributed by atoms with E-state index in [0.29, 0.717) is 23.0 Å². The molecule has 0 amide bonds. The van der Waals surface area contributed by atoms with Crippen molar-refractivity contribution in [2.45, 2.75) is 51.4 Å². The van der Waals surface area contributed by atoms with Crippen LogP contribution in [0.5, 0.6) is 5.75 Å². The van der Waals surface area contributed by atoms with Gasteiger partial charge in [0.05, 0.1) is 18.8 Å². The van der Waals surface area contributed by atoms with E-state index in [1.165, 1.54) is 55.5 Å². The number of ether oxygens (including phenoxy) is 1. The van der Waals surface area contributed by atoms with Crippen molar-refractivity contribution < 1.29 is 17.9 Å². The molecule has 0 aromatic heterocycles. The molecule has 0 radical (unpaired) electrons. The average Bonchev–Trinajstić information content (AvgIpc) is 2.89. The van der Waals surface area contributed by atoms with E-state index in [4.69, 9.17) is 10.00 Å². The lowest BCUT2D eigenvalue weighted by Crippen LogP contribution is -2.13. The van der Waals surface area contributed by atoms with Gasteiger partial charge in [-0.1, -0.05) is 37.3 Å². The van der Waals surface area contributed by atoms with Gasteiger partial charge in [-0.3, -0.25) is 4.39 Å². The van der Waals surface area contributed by atoms with Crippen LogP contribution in [0, 0.1) is 28.9 Å². The summed E-state index contributed by atoms with van der Waals surface area (Å²) in [6.45, 7) is 2.75. The van der Waals surface area contributed by atoms with Gasteiger partial charge in [0.25, 0.3) is 0 Å². The Bertz CT molecular complexity index is 1080. The second kappa shape index (κ2) is 13.6. The van der Waals surface area contributed by atoms with Crippen LogP contribution in [-0.4, -0.2) is 13.3 Å². The number of hydrogen-bond acceptors (Lipinski definition) is 2. The SMILES string of the molecule is CCCOc1ccc(C2CCC(CCF)CC2)cc1.N#Cc1ccc(-c2ccc(F)cc2)cc1F. The zero-order valence-corrected chi connectivity index (χ0v) is 20.2. The third kappa shape index (κ3) is 7.89. The monoisotopic (exact) mass is 479 g/mol. The average molecular weight is 480 g/mol. The number of hydrogen-bond donors (Lipinski definition) is 0. The molecule has 5 heteroatoms. The molecule has 0 spiro atoms. The number of alkyl halides is 1. The Morgan fingerprint density at radius 1 is 0.886 bits per heavy atom. The maximum absolute atomic E-state index is 13.3. The molecule has 1 saturated carbocycles. The molecule has 1 fully saturated rings. The van der Waals surface area contributed by atoms with Crippen LogP contribution in [0.1, 0.15) is 62.5 Å². The number of nitrogens with zero attached hydrogens (tertiary/aromatic N) is 1. The van der Waals surface area contributed by atoms with Gasteiger partial charge in [-0.25, -0.2) is 8.78 Å². The first-order valence-electron chi connectivity index (χ1n) is 12.3. The van der Waals surface area contributed by atoms with Crippen molar-refractivity contribution in [3.8, 4) is 22.9 Å². The lowest BCUT2D eigenvalue weighted by atomic mass is 9.78. The van der Waals surface area contributed by atoms with Crippen molar-refractivity contribution in [3.05, 3.63) is 89.5 Å². The van der Waals surface area contributed by atoms with Crippen LogP contribution in [0.3, 0.4) is 0 Å². The first kappa shape index (κ1) is 26.3. The van der Waals surface area contributed by atoms with E-state index in [1.54, 1.807) is 24.3 Å². The van der Waals surface area contributed by atoms with E-state index in [9.17, 15) is 13.2 Å². The molecule has 4 rings (SSSR count). The molecule has 0 unspecified atom stereocenters. The van der Waals surface area contributed by atoms with Crippen molar-refractivity contribution in [1.29, 1.82) is 5.26 Å². The van der Waals surface area contributed by atoms with Crippen LogP contribution in [-0.2, 0) is 0 Å². The minimum atomic E-state index is -0.565. The highest BCUT2D eigenvalue weighted by molar-refractivity contribution is 5.64. The molecule has 0 N–H and O–H groups in total. The molecule has 1 aliphatic rings. The van der Waals surface area contributed by atoms with Gasteiger partial charge >= 0.3 is 0 Å². The van der Waals surface area contributed by atoms with E-state index >= 15 is 0 Å². The largest absolute Gasteiger partial charge is 0.494 e. The smallest absolute Gasteiger partial charge is 0.141 e. The maximum Gasteiger partial charge on any atom is 0.141 e.